The number of amides is 2. The number of rotatable bonds is 7. The Balaban J connectivity index is 1.81. The number of likely N-dealkylation sites (tertiary alicyclic amines) is 1. The van der Waals surface area contributed by atoms with Gasteiger partial charge in [0.1, 0.15) is 6.04 Å². The predicted octanol–water partition coefficient (Wildman–Crippen LogP) is 1.32. The number of nitrogens with zero attached hydrogens (tertiary/aromatic N) is 1. The summed E-state index contributed by atoms with van der Waals surface area (Å²) in [6.07, 6.45) is 0.983. The molecule has 2 amide bonds. The van der Waals surface area contributed by atoms with E-state index < -0.39 is 11.9 Å². The first-order valence-electron chi connectivity index (χ1n) is 7.32. The zero-order valence-electron chi connectivity index (χ0n) is 12.3. The van der Waals surface area contributed by atoms with E-state index >= 15 is 0 Å². The monoisotopic (exact) mass is 290 g/mol. The number of benzene rings is 1. The summed E-state index contributed by atoms with van der Waals surface area (Å²) in [4.78, 5) is 24.9. The number of carbonyl (C=O) groups is 2. The van der Waals surface area contributed by atoms with Gasteiger partial charge in [0, 0.05) is 18.9 Å². The lowest BCUT2D eigenvalue weighted by Gasteiger charge is -2.24. The second-order valence-electron chi connectivity index (χ2n) is 5.44. The Morgan fingerprint density at radius 3 is 2.76 bits per heavy atom. The number of primary amides is 1. The Morgan fingerprint density at radius 1 is 1.43 bits per heavy atom. The first-order valence-corrected chi connectivity index (χ1v) is 7.32. The lowest BCUT2D eigenvalue weighted by molar-refractivity contribution is -0.136. The van der Waals surface area contributed by atoms with Crippen molar-refractivity contribution in [1.29, 1.82) is 0 Å². The molecule has 1 saturated heterocycles. The number of hydrogen-bond donors (Lipinski definition) is 1. The van der Waals surface area contributed by atoms with Gasteiger partial charge in [-0.3, -0.25) is 9.59 Å². The normalized spacial score (nSPS) is 19.8. The molecule has 0 aromatic heterocycles. The molecule has 5 heteroatoms. The fourth-order valence-corrected chi connectivity index (χ4v) is 2.71. The number of ether oxygens (including phenoxy) is 1. The lowest BCUT2D eigenvalue weighted by atomic mass is 10.1. The van der Waals surface area contributed by atoms with Crippen LogP contribution in [0.25, 0.3) is 0 Å². The van der Waals surface area contributed by atoms with Crippen molar-refractivity contribution in [3.63, 3.8) is 0 Å². The largest absolute Gasteiger partial charge is 0.376 e. The summed E-state index contributed by atoms with van der Waals surface area (Å²) < 4.78 is 5.68. The van der Waals surface area contributed by atoms with Crippen molar-refractivity contribution in [1.82, 2.24) is 4.90 Å². The molecule has 1 aliphatic heterocycles. The van der Waals surface area contributed by atoms with Gasteiger partial charge in [0.2, 0.25) is 11.8 Å². The molecule has 2 rings (SSSR count). The van der Waals surface area contributed by atoms with E-state index in [2.05, 4.69) is 0 Å². The molecule has 1 fully saturated rings. The fourth-order valence-electron chi connectivity index (χ4n) is 2.71. The summed E-state index contributed by atoms with van der Waals surface area (Å²) in [5, 5.41) is 0. The maximum atomic E-state index is 12.0. The van der Waals surface area contributed by atoms with Crippen molar-refractivity contribution in [2.24, 2.45) is 11.7 Å². The molecule has 1 aromatic carbocycles. The Kier molecular flexibility index (Phi) is 5.33. The van der Waals surface area contributed by atoms with E-state index in [4.69, 9.17) is 10.5 Å². The molecule has 1 aliphatic rings. The zero-order chi connectivity index (χ0) is 15.2. The van der Waals surface area contributed by atoms with Crippen LogP contribution in [0.2, 0.25) is 0 Å². The molecule has 0 bridgehead atoms. The van der Waals surface area contributed by atoms with Crippen molar-refractivity contribution in [3.05, 3.63) is 35.9 Å². The standard InChI is InChI=1S/C16H22N2O3/c1-2-14(16(17)20)18-9-13(8-15(18)19)11-21-10-12-6-4-3-5-7-12/h3-7,13-14H,2,8-11H2,1H3,(H2,17,20). The fraction of sp³-hybridized carbons (Fsp3) is 0.500. The van der Waals surface area contributed by atoms with Crippen LogP contribution in [0.3, 0.4) is 0 Å². The molecular weight excluding hydrogens is 268 g/mol. The maximum Gasteiger partial charge on any atom is 0.240 e. The van der Waals surface area contributed by atoms with Gasteiger partial charge in [-0.15, -0.1) is 0 Å². The number of nitrogens with two attached hydrogens (primary N) is 1. The van der Waals surface area contributed by atoms with E-state index in [0.717, 1.165) is 5.56 Å². The Bertz CT molecular complexity index is 490. The van der Waals surface area contributed by atoms with E-state index in [0.29, 0.717) is 32.6 Å². The van der Waals surface area contributed by atoms with Crippen molar-refractivity contribution in [2.75, 3.05) is 13.2 Å². The van der Waals surface area contributed by atoms with E-state index in [-0.39, 0.29) is 11.8 Å². The van der Waals surface area contributed by atoms with Gasteiger partial charge in [-0.1, -0.05) is 37.3 Å². The van der Waals surface area contributed by atoms with E-state index in [1.54, 1.807) is 4.90 Å². The van der Waals surface area contributed by atoms with Gasteiger partial charge in [-0.2, -0.15) is 0 Å². The van der Waals surface area contributed by atoms with Crippen LogP contribution in [0.15, 0.2) is 30.3 Å². The van der Waals surface area contributed by atoms with E-state index in [1.165, 1.54) is 0 Å². The molecular formula is C16H22N2O3. The number of carbonyl (C=O) groups excluding carboxylic acids is 2. The summed E-state index contributed by atoms with van der Waals surface area (Å²) in [7, 11) is 0. The first kappa shape index (κ1) is 15.5. The third kappa shape index (κ3) is 4.04. The summed E-state index contributed by atoms with van der Waals surface area (Å²) in [5.41, 5.74) is 6.46. The zero-order valence-corrected chi connectivity index (χ0v) is 12.3. The van der Waals surface area contributed by atoms with Gasteiger partial charge in [0.05, 0.1) is 13.2 Å². The summed E-state index contributed by atoms with van der Waals surface area (Å²) >= 11 is 0. The van der Waals surface area contributed by atoms with Gasteiger partial charge >= 0.3 is 0 Å². The van der Waals surface area contributed by atoms with Crippen molar-refractivity contribution in [3.8, 4) is 0 Å². The van der Waals surface area contributed by atoms with Gasteiger partial charge in [0.15, 0.2) is 0 Å². The quantitative estimate of drug-likeness (QED) is 0.823. The summed E-state index contributed by atoms with van der Waals surface area (Å²) in [6, 6.07) is 9.43. The maximum absolute atomic E-state index is 12.0. The third-order valence-corrected chi connectivity index (χ3v) is 3.79. The van der Waals surface area contributed by atoms with Crippen LogP contribution in [-0.4, -0.2) is 35.9 Å². The molecule has 114 valence electrons. The van der Waals surface area contributed by atoms with Gasteiger partial charge in [-0.25, -0.2) is 0 Å². The molecule has 1 aromatic rings. The van der Waals surface area contributed by atoms with Crippen LogP contribution in [-0.2, 0) is 20.9 Å². The Labute approximate surface area is 125 Å². The highest BCUT2D eigenvalue weighted by molar-refractivity contribution is 5.87. The Morgan fingerprint density at radius 2 is 2.14 bits per heavy atom. The van der Waals surface area contributed by atoms with Crippen LogP contribution >= 0.6 is 0 Å². The topological polar surface area (TPSA) is 72.6 Å². The Hall–Kier alpha value is -1.88. The average Bonchev–Trinajstić information content (AvgIpc) is 2.82. The van der Waals surface area contributed by atoms with Crippen LogP contribution in [0.1, 0.15) is 25.3 Å². The molecule has 0 aliphatic carbocycles. The molecule has 2 N–H and O–H groups in total. The van der Waals surface area contributed by atoms with Crippen LogP contribution in [0.5, 0.6) is 0 Å². The predicted molar refractivity (Wildman–Crippen MR) is 79.2 cm³/mol. The summed E-state index contributed by atoms with van der Waals surface area (Å²) in [5.74, 6) is -0.305. The molecule has 0 radical (unpaired) electrons. The van der Waals surface area contributed by atoms with Crippen LogP contribution < -0.4 is 5.73 Å². The second-order valence-corrected chi connectivity index (χ2v) is 5.44. The molecule has 1 heterocycles. The smallest absolute Gasteiger partial charge is 0.240 e. The highest BCUT2D eigenvalue weighted by Crippen LogP contribution is 2.22. The van der Waals surface area contributed by atoms with Gasteiger partial charge in [0.25, 0.3) is 0 Å². The van der Waals surface area contributed by atoms with Gasteiger partial charge < -0.3 is 15.4 Å². The van der Waals surface area contributed by atoms with E-state index in [1.807, 2.05) is 37.3 Å². The highest BCUT2D eigenvalue weighted by atomic mass is 16.5. The molecule has 5 nitrogen and oxygen atoms in total. The summed E-state index contributed by atoms with van der Waals surface area (Å²) in [6.45, 7) is 3.47. The first-order chi connectivity index (χ1) is 10.1. The SMILES string of the molecule is CCC(C(N)=O)N1CC(COCc2ccccc2)CC1=O. The average molecular weight is 290 g/mol. The van der Waals surface area contributed by atoms with Crippen LogP contribution in [0.4, 0.5) is 0 Å². The molecule has 0 saturated carbocycles. The van der Waals surface area contributed by atoms with Crippen LogP contribution in [0, 0.1) is 5.92 Å². The second kappa shape index (κ2) is 7.22. The molecule has 21 heavy (non-hydrogen) atoms. The minimum Gasteiger partial charge on any atom is -0.376 e. The highest BCUT2D eigenvalue weighted by Gasteiger charge is 2.35. The number of hydrogen-bond acceptors (Lipinski definition) is 3. The van der Waals surface area contributed by atoms with Crippen molar-refractivity contribution >= 4 is 11.8 Å². The van der Waals surface area contributed by atoms with Crippen molar-refractivity contribution < 1.29 is 14.3 Å². The van der Waals surface area contributed by atoms with E-state index in [9.17, 15) is 9.59 Å². The van der Waals surface area contributed by atoms with Gasteiger partial charge in [-0.05, 0) is 12.0 Å². The molecule has 0 spiro atoms. The third-order valence-electron chi connectivity index (χ3n) is 3.79. The van der Waals surface area contributed by atoms with Crippen molar-refractivity contribution in [2.45, 2.75) is 32.4 Å². The minimum atomic E-state index is -0.489. The minimum absolute atomic E-state index is 0.00559. The lowest BCUT2D eigenvalue weighted by Crippen LogP contribution is -2.45. The molecule has 2 atom stereocenters. The molecule has 2 unspecified atom stereocenters.